The monoisotopic (exact) mass is 568 g/mol. The highest BCUT2D eigenvalue weighted by Crippen LogP contribution is 2.34. The Hall–Kier alpha value is -4.21. The number of ether oxygens (including phenoxy) is 3. The zero-order valence-electron chi connectivity index (χ0n) is 24.2. The van der Waals surface area contributed by atoms with Crippen LogP contribution >= 0.6 is 0 Å². The Bertz CT molecular complexity index is 1590. The fraction of sp³-hybridized carbons (Fsp3) is 0.364. The number of carboxylic acid groups (broad SMARTS) is 1. The second kappa shape index (κ2) is 12.0. The van der Waals surface area contributed by atoms with E-state index >= 15 is 0 Å². The summed E-state index contributed by atoms with van der Waals surface area (Å²) in [4.78, 5) is 19.2. The van der Waals surface area contributed by atoms with Gasteiger partial charge in [0, 0.05) is 31.3 Å². The van der Waals surface area contributed by atoms with E-state index < -0.39 is 5.97 Å². The lowest BCUT2D eigenvalue weighted by atomic mass is 9.96. The highest BCUT2D eigenvalue weighted by molar-refractivity contribution is 5.90. The highest BCUT2D eigenvalue weighted by Gasteiger charge is 2.27. The number of hydrogen-bond donors (Lipinski definition) is 1. The normalized spacial score (nSPS) is 16.9. The molecular weight excluding hydrogens is 532 g/mol. The summed E-state index contributed by atoms with van der Waals surface area (Å²) in [5, 5.41) is 13.9. The van der Waals surface area contributed by atoms with E-state index in [4.69, 9.17) is 19.2 Å². The van der Waals surface area contributed by atoms with Gasteiger partial charge in [-0.1, -0.05) is 36.4 Å². The second-order valence-corrected chi connectivity index (χ2v) is 11.2. The molecule has 0 radical (unpaired) electrons. The maximum absolute atomic E-state index is 11.8. The molecule has 1 saturated heterocycles. The van der Waals surface area contributed by atoms with Crippen molar-refractivity contribution in [2.45, 2.75) is 58.9 Å². The smallest absolute Gasteiger partial charge is 0.342 e. The molecule has 1 fully saturated rings. The summed E-state index contributed by atoms with van der Waals surface area (Å²) in [7, 11) is 0. The van der Waals surface area contributed by atoms with Crippen LogP contribution in [0.2, 0.25) is 0 Å². The van der Waals surface area contributed by atoms with Crippen LogP contribution in [-0.2, 0) is 24.3 Å². The summed E-state index contributed by atoms with van der Waals surface area (Å²) in [5.41, 5.74) is 6.45. The number of hydrogen-bond acceptors (Lipinski definition) is 7. The molecule has 4 heterocycles. The van der Waals surface area contributed by atoms with Gasteiger partial charge in [-0.25, -0.2) is 9.78 Å². The number of para-hydroxylation sites is 1. The number of aromatic nitrogens is 3. The van der Waals surface area contributed by atoms with Gasteiger partial charge in [-0.05, 0) is 74.1 Å². The Morgan fingerprint density at radius 3 is 2.79 bits per heavy atom. The predicted octanol–water partition coefficient (Wildman–Crippen LogP) is 5.45. The third kappa shape index (κ3) is 5.75. The van der Waals surface area contributed by atoms with Crippen LogP contribution in [0.4, 0.5) is 0 Å². The fourth-order valence-corrected chi connectivity index (χ4v) is 5.72. The molecule has 42 heavy (non-hydrogen) atoms. The topological polar surface area (TPSA) is 98.9 Å². The van der Waals surface area contributed by atoms with Crippen molar-refractivity contribution in [3.8, 4) is 28.7 Å². The van der Waals surface area contributed by atoms with Crippen LogP contribution in [0, 0.1) is 6.92 Å². The maximum atomic E-state index is 11.8. The molecule has 2 aliphatic heterocycles. The Morgan fingerprint density at radius 2 is 2.00 bits per heavy atom. The molecule has 6 rings (SSSR count). The highest BCUT2D eigenvalue weighted by atomic mass is 16.5. The number of nitrogens with zero attached hydrogens (tertiary/aromatic N) is 4. The summed E-state index contributed by atoms with van der Waals surface area (Å²) in [6.07, 6.45) is 3.21. The van der Waals surface area contributed by atoms with Crippen LogP contribution in [0.15, 0.2) is 60.8 Å². The summed E-state index contributed by atoms with van der Waals surface area (Å²) >= 11 is 0. The zero-order chi connectivity index (χ0) is 29.2. The lowest BCUT2D eigenvalue weighted by Crippen LogP contribution is -2.39. The summed E-state index contributed by atoms with van der Waals surface area (Å²) in [6.45, 7) is 9.89. The van der Waals surface area contributed by atoms with Crippen molar-refractivity contribution in [2.24, 2.45) is 0 Å². The van der Waals surface area contributed by atoms with E-state index in [1.807, 2.05) is 51.1 Å². The Morgan fingerprint density at radius 1 is 1.14 bits per heavy atom. The number of carboxylic acids is 1. The number of fused-ring (bicyclic) bond motifs is 1. The van der Waals surface area contributed by atoms with Gasteiger partial charge in [0.2, 0.25) is 5.88 Å². The summed E-state index contributed by atoms with van der Waals surface area (Å²) in [6, 6.07) is 18.8. The fourth-order valence-electron chi connectivity index (χ4n) is 5.72. The van der Waals surface area contributed by atoms with Gasteiger partial charge in [-0.15, -0.1) is 0 Å². The van der Waals surface area contributed by atoms with Crippen molar-refractivity contribution in [3.05, 3.63) is 88.6 Å². The third-order valence-corrected chi connectivity index (χ3v) is 7.86. The first-order valence-corrected chi connectivity index (χ1v) is 14.5. The van der Waals surface area contributed by atoms with E-state index in [0.717, 1.165) is 61.6 Å². The number of aryl methyl sites for hydroxylation is 1. The van der Waals surface area contributed by atoms with Gasteiger partial charge in [0.15, 0.2) is 5.82 Å². The van der Waals surface area contributed by atoms with Gasteiger partial charge in [-0.2, -0.15) is 9.78 Å². The molecule has 2 aromatic carbocycles. The molecule has 0 aliphatic carbocycles. The molecule has 0 bridgehead atoms. The van der Waals surface area contributed by atoms with Gasteiger partial charge in [0.1, 0.15) is 17.9 Å². The van der Waals surface area contributed by atoms with Gasteiger partial charge in [-0.3, -0.25) is 4.90 Å². The summed E-state index contributed by atoms with van der Waals surface area (Å²) in [5.74, 6) is 0.258. The first kappa shape index (κ1) is 27.9. The Kier molecular flexibility index (Phi) is 7.95. The molecule has 0 saturated carbocycles. The van der Waals surface area contributed by atoms with E-state index in [-0.39, 0.29) is 17.5 Å². The number of pyridine rings is 1. The SMILES string of the molecule is Cc1cccc(-c2cccc(-n3ncc(C(=O)O)c3OC(C)C)n2)c1OCc1ccc2c(c1)CCN([C@H]1CCOC1)C2. The lowest BCUT2D eigenvalue weighted by molar-refractivity contribution is 0.0690. The molecule has 2 aromatic heterocycles. The van der Waals surface area contributed by atoms with E-state index in [2.05, 4.69) is 28.2 Å². The Balaban J connectivity index is 1.24. The molecule has 2 aliphatic rings. The standard InChI is InChI=1S/C33H36N4O5/c1-21(2)42-32-28(33(38)39)17-34-37(32)30-9-5-8-29(35-30)27-7-4-6-22(3)31(27)41-19-23-10-11-25-18-36(14-12-24(25)16-23)26-13-15-40-20-26/h4-11,16-17,21,26H,12-15,18-20H2,1-3H3,(H,38,39)/t26-/m0/s1. The third-order valence-electron chi connectivity index (χ3n) is 7.86. The van der Waals surface area contributed by atoms with E-state index in [0.29, 0.717) is 24.2 Å². The van der Waals surface area contributed by atoms with Crippen molar-refractivity contribution in [1.29, 1.82) is 0 Å². The Labute approximate surface area is 245 Å². The average Bonchev–Trinajstić information content (AvgIpc) is 3.67. The molecule has 1 atom stereocenters. The molecule has 218 valence electrons. The van der Waals surface area contributed by atoms with Gasteiger partial charge in [0.05, 0.1) is 24.6 Å². The predicted molar refractivity (Wildman–Crippen MR) is 158 cm³/mol. The van der Waals surface area contributed by atoms with Crippen LogP contribution in [0.1, 0.15) is 52.9 Å². The van der Waals surface area contributed by atoms with Crippen molar-refractivity contribution in [1.82, 2.24) is 19.7 Å². The number of aromatic carboxylic acids is 1. The van der Waals surface area contributed by atoms with Crippen LogP contribution in [0.3, 0.4) is 0 Å². The average molecular weight is 569 g/mol. The molecule has 0 unspecified atom stereocenters. The van der Waals surface area contributed by atoms with E-state index in [9.17, 15) is 9.90 Å². The van der Waals surface area contributed by atoms with Crippen LogP contribution < -0.4 is 9.47 Å². The number of rotatable bonds is 9. The van der Waals surface area contributed by atoms with E-state index in [1.54, 1.807) is 6.07 Å². The molecule has 9 nitrogen and oxygen atoms in total. The zero-order valence-corrected chi connectivity index (χ0v) is 24.2. The second-order valence-electron chi connectivity index (χ2n) is 11.2. The van der Waals surface area contributed by atoms with Crippen molar-refractivity contribution >= 4 is 5.97 Å². The van der Waals surface area contributed by atoms with Gasteiger partial charge < -0.3 is 19.3 Å². The van der Waals surface area contributed by atoms with Crippen LogP contribution in [-0.4, -0.2) is 62.6 Å². The van der Waals surface area contributed by atoms with E-state index in [1.165, 1.54) is 22.0 Å². The largest absolute Gasteiger partial charge is 0.488 e. The summed E-state index contributed by atoms with van der Waals surface area (Å²) < 4.78 is 19.3. The van der Waals surface area contributed by atoms with Crippen molar-refractivity contribution in [3.63, 3.8) is 0 Å². The molecule has 0 spiro atoms. The minimum atomic E-state index is -1.11. The van der Waals surface area contributed by atoms with Crippen molar-refractivity contribution < 1.29 is 24.1 Å². The van der Waals surface area contributed by atoms with Crippen molar-refractivity contribution in [2.75, 3.05) is 19.8 Å². The first-order valence-electron chi connectivity index (χ1n) is 14.5. The van der Waals surface area contributed by atoms with Crippen LogP contribution in [0.5, 0.6) is 11.6 Å². The first-order chi connectivity index (χ1) is 20.4. The molecule has 0 amide bonds. The maximum Gasteiger partial charge on any atom is 0.342 e. The quantitative estimate of drug-likeness (QED) is 0.285. The van der Waals surface area contributed by atoms with Gasteiger partial charge in [0.25, 0.3) is 0 Å². The number of benzene rings is 2. The lowest BCUT2D eigenvalue weighted by Gasteiger charge is -2.33. The molecular formula is C33H36N4O5. The molecule has 4 aromatic rings. The minimum absolute atomic E-state index is 0.0132. The molecule has 1 N–H and O–H groups in total. The van der Waals surface area contributed by atoms with Crippen LogP contribution in [0.25, 0.3) is 17.1 Å². The molecule has 9 heteroatoms. The minimum Gasteiger partial charge on any atom is -0.488 e. The van der Waals surface area contributed by atoms with Gasteiger partial charge >= 0.3 is 5.97 Å². The number of carbonyl (C=O) groups is 1.